The molecule has 1 heterocycles. The Balaban J connectivity index is 1.89. The highest BCUT2D eigenvalue weighted by molar-refractivity contribution is 7.13. The van der Waals surface area contributed by atoms with Crippen LogP contribution in [-0.2, 0) is 9.59 Å². The van der Waals surface area contributed by atoms with Crippen LogP contribution in [-0.4, -0.2) is 60.3 Å². The molecule has 1 aromatic rings. The van der Waals surface area contributed by atoms with E-state index in [0.29, 0.717) is 11.7 Å². The molecule has 0 radical (unpaired) electrons. The highest BCUT2D eigenvalue weighted by Gasteiger charge is 2.34. The zero-order chi connectivity index (χ0) is 15.4. The fraction of sp³-hybridized carbons (Fsp3) is 0.643. The molecule has 1 saturated carbocycles. The van der Waals surface area contributed by atoms with Crippen LogP contribution >= 0.6 is 11.3 Å². The van der Waals surface area contributed by atoms with Crippen molar-refractivity contribution in [3.05, 3.63) is 11.1 Å². The fourth-order valence-corrected chi connectivity index (χ4v) is 2.62. The van der Waals surface area contributed by atoms with Crippen LogP contribution in [0.4, 0.5) is 5.13 Å². The van der Waals surface area contributed by atoms with E-state index in [-0.39, 0.29) is 24.3 Å². The van der Waals surface area contributed by atoms with Crippen LogP contribution in [0.25, 0.3) is 0 Å². The van der Waals surface area contributed by atoms with Gasteiger partial charge in [-0.25, -0.2) is 4.98 Å². The van der Waals surface area contributed by atoms with E-state index in [9.17, 15) is 9.59 Å². The zero-order valence-electron chi connectivity index (χ0n) is 12.8. The first-order valence-corrected chi connectivity index (χ1v) is 7.99. The van der Waals surface area contributed by atoms with E-state index in [2.05, 4.69) is 10.3 Å². The Morgan fingerprint density at radius 2 is 2.10 bits per heavy atom. The SMILES string of the molecule is Cc1csc(NC(=O)CN(CCN(C)C)C(=O)C2CC2)n1. The summed E-state index contributed by atoms with van der Waals surface area (Å²) in [6.45, 7) is 3.31. The molecule has 0 saturated heterocycles. The van der Waals surface area contributed by atoms with Crippen LogP contribution in [0, 0.1) is 12.8 Å². The maximum Gasteiger partial charge on any atom is 0.245 e. The molecule has 1 aliphatic rings. The first kappa shape index (κ1) is 15.9. The first-order chi connectivity index (χ1) is 9.95. The zero-order valence-corrected chi connectivity index (χ0v) is 13.6. The summed E-state index contributed by atoms with van der Waals surface area (Å²) < 4.78 is 0. The number of carbonyl (C=O) groups is 2. The Morgan fingerprint density at radius 3 is 2.62 bits per heavy atom. The maximum atomic E-state index is 12.2. The summed E-state index contributed by atoms with van der Waals surface area (Å²) in [6, 6.07) is 0. The average Bonchev–Trinajstić information content (AvgIpc) is 3.18. The van der Waals surface area contributed by atoms with Crippen molar-refractivity contribution in [2.45, 2.75) is 19.8 Å². The fourth-order valence-electron chi connectivity index (χ4n) is 1.92. The van der Waals surface area contributed by atoms with E-state index >= 15 is 0 Å². The third kappa shape index (κ3) is 5.09. The summed E-state index contributed by atoms with van der Waals surface area (Å²) in [7, 11) is 3.91. The van der Waals surface area contributed by atoms with Gasteiger partial charge in [0.2, 0.25) is 11.8 Å². The van der Waals surface area contributed by atoms with Crippen molar-refractivity contribution in [3.8, 4) is 0 Å². The number of nitrogens with zero attached hydrogens (tertiary/aromatic N) is 3. The predicted molar refractivity (Wildman–Crippen MR) is 83.3 cm³/mol. The number of carbonyl (C=O) groups excluding carboxylic acids is 2. The minimum absolute atomic E-state index is 0.0990. The molecule has 1 aromatic heterocycles. The average molecular weight is 310 g/mol. The number of hydrogen-bond acceptors (Lipinski definition) is 5. The highest BCUT2D eigenvalue weighted by Crippen LogP contribution is 2.30. The van der Waals surface area contributed by atoms with Gasteiger partial charge in [0.15, 0.2) is 5.13 Å². The second kappa shape index (κ2) is 7.00. The molecule has 116 valence electrons. The molecule has 2 amide bonds. The molecule has 1 fully saturated rings. The van der Waals surface area contributed by atoms with Crippen LogP contribution < -0.4 is 5.32 Å². The topological polar surface area (TPSA) is 65.5 Å². The van der Waals surface area contributed by atoms with Gasteiger partial charge < -0.3 is 15.1 Å². The summed E-state index contributed by atoms with van der Waals surface area (Å²) in [4.78, 5) is 32.2. The molecule has 2 rings (SSSR count). The molecule has 6 nitrogen and oxygen atoms in total. The lowest BCUT2D eigenvalue weighted by molar-refractivity contribution is -0.136. The molecule has 0 unspecified atom stereocenters. The number of aromatic nitrogens is 1. The van der Waals surface area contributed by atoms with Crippen molar-refractivity contribution in [3.63, 3.8) is 0 Å². The van der Waals surface area contributed by atoms with Crippen LogP contribution in [0.2, 0.25) is 0 Å². The minimum atomic E-state index is -0.183. The van der Waals surface area contributed by atoms with Crippen LogP contribution in [0.1, 0.15) is 18.5 Å². The van der Waals surface area contributed by atoms with Crippen LogP contribution in [0.3, 0.4) is 0 Å². The largest absolute Gasteiger partial charge is 0.332 e. The maximum absolute atomic E-state index is 12.2. The molecule has 0 aliphatic heterocycles. The van der Waals surface area contributed by atoms with Crippen molar-refractivity contribution in [2.24, 2.45) is 5.92 Å². The molecule has 7 heteroatoms. The number of anilines is 1. The monoisotopic (exact) mass is 310 g/mol. The molecule has 1 N–H and O–H groups in total. The van der Waals surface area contributed by atoms with Gasteiger partial charge in [-0.05, 0) is 33.9 Å². The van der Waals surface area contributed by atoms with E-state index < -0.39 is 0 Å². The highest BCUT2D eigenvalue weighted by atomic mass is 32.1. The van der Waals surface area contributed by atoms with Crippen LogP contribution in [0.15, 0.2) is 5.38 Å². The van der Waals surface area contributed by atoms with E-state index in [0.717, 1.165) is 25.1 Å². The van der Waals surface area contributed by atoms with Crippen molar-refractivity contribution >= 4 is 28.3 Å². The van der Waals surface area contributed by atoms with Crippen molar-refractivity contribution in [1.29, 1.82) is 0 Å². The lowest BCUT2D eigenvalue weighted by Crippen LogP contribution is -2.42. The van der Waals surface area contributed by atoms with Gasteiger partial charge in [0.1, 0.15) is 0 Å². The van der Waals surface area contributed by atoms with E-state index in [1.54, 1.807) is 4.90 Å². The number of likely N-dealkylation sites (N-methyl/N-ethyl adjacent to an activating group) is 1. The van der Waals surface area contributed by atoms with E-state index in [1.165, 1.54) is 11.3 Å². The van der Waals surface area contributed by atoms with Crippen molar-refractivity contribution < 1.29 is 9.59 Å². The number of nitrogens with one attached hydrogen (secondary N) is 1. The molecule has 0 bridgehead atoms. The first-order valence-electron chi connectivity index (χ1n) is 7.11. The molecule has 0 aromatic carbocycles. The quantitative estimate of drug-likeness (QED) is 0.821. The van der Waals surface area contributed by atoms with Gasteiger partial charge >= 0.3 is 0 Å². The molecule has 0 spiro atoms. The Bertz CT molecular complexity index is 511. The summed E-state index contributed by atoms with van der Waals surface area (Å²) in [5.41, 5.74) is 0.883. The van der Waals surface area contributed by atoms with Crippen molar-refractivity contribution in [1.82, 2.24) is 14.8 Å². The van der Waals surface area contributed by atoms with Crippen LogP contribution in [0.5, 0.6) is 0 Å². The number of hydrogen-bond donors (Lipinski definition) is 1. The van der Waals surface area contributed by atoms with Gasteiger partial charge in [-0.3, -0.25) is 9.59 Å². The van der Waals surface area contributed by atoms with Gasteiger partial charge in [-0.15, -0.1) is 11.3 Å². The molecular formula is C14H22N4O2S. The molecule has 0 atom stereocenters. The summed E-state index contributed by atoms with van der Waals surface area (Å²) in [5.74, 6) is 0.0431. The molecule has 1 aliphatic carbocycles. The summed E-state index contributed by atoms with van der Waals surface area (Å²) >= 11 is 1.40. The van der Waals surface area contributed by atoms with Gasteiger partial charge in [0.05, 0.1) is 12.2 Å². The van der Waals surface area contributed by atoms with E-state index in [4.69, 9.17) is 0 Å². The van der Waals surface area contributed by atoms with Gasteiger partial charge in [0.25, 0.3) is 0 Å². The standard InChI is InChI=1S/C14H22N4O2S/c1-10-9-21-14(15-10)16-12(19)8-18(7-6-17(2)3)13(20)11-4-5-11/h9,11H,4-8H2,1-3H3,(H,15,16,19). The van der Waals surface area contributed by atoms with Gasteiger partial charge in [-0.2, -0.15) is 0 Å². The molecule has 21 heavy (non-hydrogen) atoms. The lowest BCUT2D eigenvalue weighted by atomic mass is 10.3. The lowest BCUT2D eigenvalue weighted by Gasteiger charge is -2.23. The second-order valence-corrected chi connectivity index (χ2v) is 6.54. The molecular weight excluding hydrogens is 288 g/mol. The van der Waals surface area contributed by atoms with Gasteiger partial charge in [0, 0.05) is 24.4 Å². The normalized spacial score (nSPS) is 14.3. The smallest absolute Gasteiger partial charge is 0.245 e. The number of amides is 2. The Labute approximate surface area is 129 Å². The van der Waals surface area contributed by atoms with E-state index in [1.807, 2.05) is 31.3 Å². The third-order valence-electron chi connectivity index (χ3n) is 3.26. The number of thiazole rings is 1. The number of aryl methyl sites for hydroxylation is 1. The minimum Gasteiger partial charge on any atom is -0.332 e. The third-order valence-corrected chi connectivity index (χ3v) is 4.13. The summed E-state index contributed by atoms with van der Waals surface area (Å²) in [6.07, 6.45) is 1.90. The second-order valence-electron chi connectivity index (χ2n) is 5.68. The number of rotatable bonds is 7. The Morgan fingerprint density at radius 1 is 1.38 bits per heavy atom. The Hall–Kier alpha value is -1.47. The van der Waals surface area contributed by atoms with Crippen molar-refractivity contribution in [2.75, 3.05) is 39.0 Å². The Kier molecular flexibility index (Phi) is 5.30. The van der Waals surface area contributed by atoms with Gasteiger partial charge in [-0.1, -0.05) is 0 Å². The predicted octanol–water partition coefficient (Wildman–Crippen LogP) is 1.19. The summed E-state index contributed by atoms with van der Waals surface area (Å²) in [5, 5.41) is 5.23.